The molecule has 0 aromatic heterocycles. The first-order valence-corrected chi connectivity index (χ1v) is 6.63. The van der Waals surface area contributed by atoms with Gasteiger partial charge in [0.25, 0.3) is 0 Å². The molecular weight excluding hydrogens is 200 g/mol. The summed E-state index contributed by atoms with van der Waals surface area (Å²) in [6.45, 7) is 6.73. The van der Waals surface area contributed by atoms with Crippen LogP contribution in [-0.2, 0) is 4.79 Å². The van der Waals surface area contributed by atoms with Crippen LogP contribution in [0.4, 0.5) is 0 Å². The molecule has 0 bridgehead atoms. The largest absolute Gasteiger partial charge is 0.369 e. The molecule has 1 aliphatic rings. The number of hydrogen-bond donors (Lipinski definition) is 2. The lowest BCUT2D eigenvalue weighted by Crippen LogP contribution is -2.32. The summed E-state index contributed by atoms with van der Waals surface area (Å²) in [4.78, 5) is 11.0. The molecule has 0 heterocycles. The predicted molar refractivity (Wildman–Crippen MR) is 67.0 cm³/mol. The maximum Gasteiger partial charge on any atom is 0.220 e. The third kappa shape index (κ3) is 4.52. The smallest absolute Gasteiger partial charge is 0.220 e. The van der Waals surface area contributed by atoms with Gasteiger partial charge in [0.2, 0.25) is 5.91 Å². The van der Waals surface area contributed by atoms with Gasteiger partial charge in [-0.1, -0.05) is 20.3 Å². The second-order valence-corrected chi connectivity index (χ2v) is 5.29. The van der Waals surface area contributed by atoms with E-state index < -0.39 is 0 Å². The molecule has 1 saturated carbocycles. The average Bonchev–Trinajstić information content (AvgIpc) is 2.29. The fraction of sp³-hybridized carbons (Fsp3) is 0.923. The highest BCUT2D eigenvalue weighted by Crippen LogP contribution is 2.27. The molecule has 3 N–H and O–H groups in total. The lowest BCUT2D eigenvalue weighted by atomic mass is 9.81. The number of primary amides is 1. The molecule has 3 nitrogen and oxygen atoms in total. The molecule has 0 aromatic rings. The van der Waals surface area contributed by atoms with Crippen molar-refractivity contribution in [3.05, 3.63) is 0 Å². The zero-order chi connectivity index (χ0) is 12.0. The maximum atomic E-state index is 11.0. The lowest BCUT2D eigenvalue weighted by molar-refractivity contribution is -0.122. The molecule has 1 amide bonds. The van der Waals surface area contributed by atoms with Crippen molar-refractivity contribution in [2.24, 2.45) is 23.5 Å². The molecular formula is C13H26N2O. The zero-order valence-corrected chi connectivity index (χ0v) is 10.7. The van der Waals surface area contributed by atoms with Crippen LogP contribution >= 0.6 is 0 Å². The topological polar surface area (TPSA) is 55.1 Å². The Kier molecular flexibility index (Phi) is 5.81. The van der Waals surface area contributed by atoms with Gasteiger partial charge >= 0.3 is 0 Å². The van der Waals surface area contributed by atoms with Crippen LogP contribution in [0.3, 0.4) is 0 Å². The van der Waals surface area contributed by atoms with Crippen LogP contribution in [0.15, 0.2) is 0 Å². The Morgan fingerprint density at radius 2 is 2.00 bits per heavy atom. The maximum absolute atomic E-state index is 11.0. The lowest BCUT2D eigenvalue weighted by Gasteiger charge is -2.27. The van der Waals surface area contributed by atoms with Crippen LogP contribution in [0.1, 0.15) is 46.0 Å². The van der Waals surface area contributed by atoms with E-state index in [1.165, 1.54) is 6.42 Å². The van der Waals surface area contributed by atoms with Gasteiger partial charge in [-0.05, 0) is 50.6 Å². The van der Waals surface area contributed by atoms with E-state index in [1.807, 2.05) is 0 Å². The first kappa shape index (κ1) is 13.5. The van der Waals surface area contributed by atoms with E-state index in [2.05, 4.69) is 19.2 Å². The highest BCUT2D eigenvalue weighted by atomic mass is 16.1. The Bertz CT molecular complexity index is 210. The standard InChI is InChI=1S/C13H26N2O/c1-3-10(2)8-15-9-11-4-6-12(7-5-11)13(14)16/h10-12,15H,3-9H2,1-2H3,(H2,14,16). The number of nitrogens with two attached hydrogens (primary N) is 1. The van der Waals surface area contributed by atoms with Crippen LogP contribution in [0.25, 0.3) is 0 Å². The summed E-state index contributed by atoms with van der Waals surface area (Å²) in [5, 5.41) is 3.53. The SMILES string of the molecule is CCC(C)CNCC1CCC(C(N)=O)CC1. The molecule has 1 atom stereocenters. The van der Waals surface area contributed by atoms with Crippen molar-refractivity contribution in [2.45, 2.75) is 46.0 Å². The monoisotopic (exact) mass is 226 g/mol. The highest BCUT2D eigenvalue weighted by Gasteiger charge is 2.24. The first-order chi connectivity index (χ1) is 7.63. The van der Waals surface area contributed by atoms with Crippen molar-refractivity contribution >= 4 is 5.91 Å². The van der Waals surface area contributed by atoms with Crippen LogP contribution in [-0.4, -0.2) is 19.0 Å². The summed E-state index contributed by atoms with van der Waals surface area (Å²) in [5.74, 6) is 1.55. The van der Waals surface area contributed by atoms with Gasteiger partial charge < -0.3 is 11.1 Å². The van der Waals surface area contributed by atoms with Gasteiger partial charge in [0.15, 0.2) is 0 Å². The Labute approximate surface area is 99.2 Å². The van der Waals surface area contributed by atoms with Crippen LogP contribution in [0, 0.1) is 17.8 Å². The van der Waals surface area contributed by atoms with Crippen molar-refractivity contribution in [3.8, 4) is 0 Å². The van der Waals surface area contributed by atoms with Crippen LogP contribution < -0.4 is 11.1 Å². The second-order valence-electron chi connectivity index (χ2n) is 5.29. The number of carbonyl (C=O) groups excluding carboxylic acids is 1. The molecule has 1 aliphatic carbocycles. The Morgan fingerprint density at radius 3 is 2.50 bits per heavy atom. The predicted octanol–water partition coefficient (Wildman–Crippen LogP) is 1.91. The van der Waals surface area contributed by atoms with Gasteiger partial charge in [0, 0.05) is 5.92 Å². The van der Waals surface area contributed by atoms with Gasteiger partial charge in [0.05, 0.1) is 0 Å². The minimum Gasteiger partial charge on any atom is -0.369 e. The van der Waals surface area contributed by atoms with E-state index in [-0.39, 0.29) is 11.8 Å². The van der Waals surface area contributed by atoms with Crippen molar-refractivity contribution in [3.63, 3.8) is 0 Å². The van der Waals surface area contributed by atoms with Gasteiger partial charge in [-0.3, -0.25) is 4.79 Å². The quantitative estimate of drug-likeness (QED) is 0.727. The molecule has 94 valence electrons. The summed E-state index contributed by atoms with van der Waals surface area (Å²) < 4.78 is 0. The number of nitrogens with one attached hydrogen (secondary N) is 1. The first-order valence-electron chi connectivity index (χ1n) is 6.63. The number of carbonyl (C=O) groups is 1. The molecule has 0 aromatic carbocycles. The fourth-order valence-corrected chi connectivity index (χ4v) is 2.33. The van der Waals surface area contributed by atoms with E-state index in [1.54, 1.807) is 0 Å². The Morgan fingerprint density at radius 1 is 1.38 bits per heavy atom. The molecule has 16 heavy (non-hydrogen) atoms. The van der Waals surface area contributed by atoms with Gasteiger partial charge in [-0.2, -0.15) is 0 Å². The molecule has 1 rings (SSSR count). The molecule has 3 heteroatoms. The normalized spacial score (nSPS) is 27.6. The van der Waals surface area contributed by atoms with Crippen LogP contribution in [0.5, 0.6) is 0 Å². The molecule has 0 saturated heterocycles. The molecule has 0 radical (unpaired) electrons. The summed E-state index contributed by atoms with van der Waals surface area (Å²) in [6, 6.07) is 0. The van der Waals surface area contributed by atoms with E-state index in [9.17, 15) is 4.79 Å². The van der Waals surface area contributed by atoms with Crippen molar-refractivity contribution in [2.75, 3.05) is 13.1 Å². The van der Waals surface area contributed by atoms with E-state index in [0.717, 1.165) is 50.6 Å². The highest BCUT2D eigenvalue weighted by molar-refractivity contribution is 5.76. The van der Waals surface area contributed by atoms with Crippen molar-refractivity contribution in [1.82, 2.24) is 5.32 Å². The van der Waals surface area contributed by atoms with E-state index in [0.29, 0.717) is 0 Å². The summed E-state index contributed by atoms with van der Waals surface area (Å²) in [5.41, 5.74) is 5.32. The molecule has 0 spiro atoms. The average molecular weight is 226 g/mol. The summed E-state index contributed by atoms with van der Waals surface area (Å²) in [6.07, 6.45) is 5.53. The zero-order valence-electron chi connectivity index (χ0n) is 10.7. The minimum atomic E-state index is -0.106. The second kappa shape index (κ2) is 6.89. The van der Waals surface area contributed by atoms with Crippen molar-refractivity contribution < 1.29 is 4.79 Å². The number of amides is 1. The third-order valence-corrected chi connectivity index (χ3v) is 3.87. The Hall–Kier alpha value is -0.570. The van der Waals surface area contributed by atoms with Gasteiger partial charge in [-0.25, -0.2) is 0 Å². The fourth-order valence-electron chi connectivity index (χ4n) is 2.33. The van der Waals surface area contributed by atoms with Gasteiger partial charge in [0.1, 0.15) is 0 Å². The Balaban J connectivity index is 2.10. The molecule has 1 fully saturated rings. The van der Waals surface area contributed by atoms with Crippen molar-refractivity contribution in [1.29, 1.82) is 0 Å². The molecule has 0 aliphatic heterocycles. The molecule has 1 unspecified atom stereocenters. The van der Waals surface area contributed by atoms with E-state index in [4.69, 9.17) is 5.73 Å². The summed E-state index contributed by atoms with van der Waals surface area (Å²) in [7, 11) is 0. The van der Waals surface area contributed by atoms with Crippen LogP contribution in [0.2, 0.25) is 0 Å². The van der Waals surface area contributed by atoms with E-state index >= 15 is 0 Å². The van der Waals surface area contributed by atoms with Gasteiger partial charge in [-0.15, -0.1) is 0 Å². The minimum absolute atomic E-state index is 0.106. The third-order valence-electron chi connectivity index (χ3n) is 3.87. The number of rotatable bonds is 6. The summed E-state index contributed by atoms with van der Waals surface area (Å²) >= 11 is 0. The number of hydrogen-bond acceptors (Lipinski definition) is 2.